The van der Waals surface area contributed by atoms with Crippen molar-refractivity contribution in [1.29, 1.82) is 0 Å². The van der Waals surface area contributed by atoms with E-state index in [-0.39, 0.29) is 0 Å². The molecule has 0 aliphatic heterocycles. The summed E-state index contributed by atoms with van der Waals surface area (Å²) in [7, 11) is -2.02. The molecule has 0 radical (unpaired) electrons. The van der Waals surface area contributed by atoms with Crippen LogP contribution >= 0.6 is 0 Å². The van der Waals surface area contributed by atoms with Gasteiger partial charge in [0.1, 0.15) is 0 Å². The van der Waals surface area contributed by atoms with E-state index in [2.05, 4.69) is 9.97 Å². The third kappa shape index (κ3) is 1.69. The molecule has 0 amide bonds. The summed E-state index contributed by atoms with van der Waals surface area (Å²) in [4.78, 5) is 5.55. The molecule has 0 unspecified atom stereocenters. The van der Waals surface area contributed by atoms with E-state index in [0.717, 1.165) is 0 Å². The maximum absolute atomic E-state index is 12.4. The average Bonchev–Trinajstić information content (AvgIpc) is 1.85. The maximum Gasteiger partial charge on any atom is 0.494 e. The first-order valence-corrected chi connectivity index (χ1v) is 2.65. The Morgan fingerprint density at radius 1 is 1.36 bits per heavy atom. The Bertz CT molecular complexity index is 270. The molecule has 0 aliphatic carbocycles. The maximum atomic E-state index is 12.4. The van der Waals surface area contributed by atoms with Gasteiger partial charge >= 0.3 is 13.2 Å². The largest absolute Gasteiger partial charge is 0.494 e. The molecule has 0 saturated carbocycles. The topological polar surface area (TPSA) is 66.2 Å². The van der Waals surface area contributed by atoms with Crippen LogP contribution < -0.4 is 5.46 Å². The number of rotatable bonds is 1. The highest BCUT2D eigenvalue weighted by Gasteiger charge is 2.18. The summed E-state index contributed by atoms with van der Waals surface area (Å²) in [5.74, 6) is -1.27. The summed E-state index contributed by atoms with van der Waals surface area (Å²) in [6, 6.07) is 0. The summed E-state index contributed by atoms with van der Waals surface area (Å²) >= 11 is 0. The molecule has 1 aromatic heterocycles. The lowest BCUT2D eigenvalue weighted by Crippen LogP contribution is -2.34. The molecule has 0 saturated heterocycles. The van der Waals surface area contributed by atoms with Gasteiger partial charge < -0.3 is 10.0 Å². The van der Waals surface area contributed by atoms with Gasteiger partial charge in [-0.3, -0.25) is 0 Å². The Morgan fingerprint density at radius 3 is 2.45 bits per heavy atom. The first-order chi connectivity index (χ1) is 5.11. The van der Waals surface area contributed by atoms with Crippen LogP contribution in [0.15, 0.2) is 6.20 Å². The normalized spacial score (nSPS) is 9.82. The first-order valence-electron chi connectivity index (χ1n) is 2.65. The van der Waals surface area contributed by atoms with Crippen molar-refractivity contribution < 1.29 is 18.8 Å². The quantitative estimate of drug-likeness (QED) is 0.296. The molecule has 0 atom stereocenters. The van der Waals surface area contributed by atoms with Crippen molar-refractivity contribution in [2.45, 2.75) is 0 Å². The molecule has 11 heavy (non-hydrogen) atoms. The lowest BCUT2D eigenvalue weighted by Gasteiger charge is -1.97. The molecule has 1 heterocycles. The molecule has 7 heteroatoms. The highest BCUT2D eigenvalue weighted by Crippen LogP contribution is 1.89. The molecule has 58 valence electrons. The molecule has 0 spiro atoms. The van der Waals surface area contributed by atoms with Crippen molar-refractivity contribution >= 4 is 12.6 Å². The van der Waals surface area contributed by atoms with Crippen LogP contribution in [0.25, 0.3) is 0 Å². The van der Waals surface area contributed by atoms with E-state index in [1.165, 1.54) is 0 Å². The minimum atomic E-state index is -2.02. The van der Waals surface area contributed by atoms with Crippen LogP contribution in [-0.2, 0) is 0 Å². The predicted molar refractivity (Wildman–Crippen MR) is 31.8 cm³/mol. The lowest BCUT2D eigenvalue weighted by molar-refractivity contribution is 0.418. The van der Waals surface area contributed by atoms with Crippen LogP contribution in [0.3, 0.4) is 0 Å². The van der Waals surface area contributed by atoms with Crippen LogP contribution in [0.2, 0.25) is 0 Å². The third-order valence-corrected chi connectivity index (χ3v) is 1.02. The van der Waals surface area contributed by atoms with Crippen molar-refractivity contribution in [2.75, 3.05) is 0 Å². The summed E-state index contributed by atoms with van der Waals surface area (Å²) in [5, 5.41) is 16.8. The molecule has 0 fully saturated rings. The fraction of sp³-hybridized carbons (Fsp3) is 0. The average molecular weight is 160 g/mol. The van der Waals surface area contributed by atoms with Gasteiger partial charge in [-0.15, -0.1) is 0 Å². The van der Waals surface area contributed by atoms with Crippen molar-refractivity contribution in [2.24, 2.45) is 0 Å². The summed E-state index contributed by atoms with van der Waals surface area (Å²) in [6.45, 7) is 0. The number of halogens is 2. The van der Waals surface area contributed by atoms with Crippen LogP contribution in [0.5, 0.6) is 0 Å². The molecule has 0 aliphatic rings. The lowest BCUT2D eigenvalue weighted by atomic mass is 9.82. The third-order valence-electron chi connectivity index (χ3n) is 1.02. The van der Waals surface area contributed by atoms with Gasteiger partial charge in [0.2, 0.25) is 5.95 Å². The minimum absolute atomic E-state index is 0.550. The predicted octanol–water partition coefficient (Wildman–Crippen LogP) is -1.57. The Morgan fingerprint density at radius 2 is 2.00 bits per heavy atom. The number of hydrogen-bond acceptors (Lipinski definition) is 4. The Balaban J connectivity index is 3.09. The van der Waals surface area contributed by atoms with Gasteiger partial charge in [0, 0.05) is 6.20 Å². The van der Waals surface area contributed by atoms with Gasteiger partial charge in [0.25, 0.3) is 0 Å². The summed E-state index contributed by atoms with van der Waals surface area (Å²) in [6.07, 6.45) is -0.575. The van der Waals surface area contributed by atoms with E-state index in [4.69, 9.17) is 10.0 Å². The van der Waals surface area contributed by atoms with Gasteiger partial charge in [-0.25, -0.2) is 4.98 Å². The Hall–Kier alpha value is -1.08. The summed E-state index contributed by atoms with van der Waals surface area (Å²) < 4.78 is 24.4. The second-order valence-electron chi connectivity index (χ2n) is 1.76. The second-order valence-corrected chi connectivity index (χ2v) is 1.76. The zero-order valence-electron chi connectivity index (χ0n) is 5.20. The van der Waals surface area contributed by atoms with Crippen LogP contribution in [0.4, 0.5) is 8.78 Å². The number of hydrogen-bond donors (Lipinski definition) is 2. The SMILES string of the molecule is OB(O)c1cnc(F)nc1F. The van der Waals surface area contributed by atoms with Gasteiger partial charge in [-0.1, -0.05) is 0 Å². The number of aromatic nitrogens is 2. The zero-order chi connectivity index (χ0) is 8.43. The molecular formula is C4H3BF2N2O2. The van der Waals surface area contributed by atoms with Crippen molar-refractivity contribution in [3.63, 3.8) is 0 Å². The van der Waals surface area contributed by atoms with Gasteiger partial charge in [-0.2, -0.15) is 13.8 Å². The van der Waals surface area contributed by atoms with E-state index in [9.17, 15) is 8.78 Å². The molecule has 0 bridgehead atoms. The Kier molecular flexibility index (Phi) is 2.11. The summed E-state index contributed by atoms with van der Waals surface area (Å²) in [5.41, 5.74) is -0.550. The smallest absolute Gasteiger partial charge is 0.423 e. The van der Waals surface area contributed by atoms with Crippen molar-refractivity contribution in [1.82, 2.24) is 9.97 Å². The van der Waals surface area contributed by atoms with Gasteiger partial charge in [0.15, 0.2) is 0 Å². The van der Waals surface area contributed by atoms with E-state index in [0.29, 0.717) is 6.20 Å². The highest BCUT2D eigenvalue weighted by molar-refractivity contribution is 6.58. The van der Waals surface area contributed by atoms with Crippen LogP contribution in [0.1, 0.15) is 0 Å². The van der Waals surface area contributed by atoms with Crippen LogP contribution in [0, 0.1) is 12.0 Å². The number of nitrogens with zero attached hydrogens (tertiary/aromatic N) is 2. The van der Waals surface area contributed by atoms with E-state index in [1.54, 1.807) is 0 Å². The molecule has 0 aromatic carbocycles. The van der Waals surface area contributed by atoms with Gasteiger partial charge in [-0.05, 0) is 0 Å². The van der Waals surface area contributed by atoms with Crippen LogP contribution in [-0.4, -0.2) is 27.1 Å². The minimum Gasteiger partial charge on any atom is -0.423 e. The standard InChI is InChI=1S/C4H3BF2N2O2/c6-3-2(5(10)11)1-8-4(7)9-3/h1,10-11H. The van der Waals surface area contributed by atoms with Crippen molar-refractivity contribution in [3.05, 3.63) is 18.2 Å². The highest BCUT2D eigenvalue weighted by atomic mass is 19.1. The molecule has 2 N–H and O–H groups in total. The molecule has 1 aromatic rings. The van der Waals surface area contributed by atoms with E-state index < -0.39 is 24.6 Å². The van der Waals surface area contributed by atoms with E-state index in [1.807, 2.05) is 0 Å². The molecule has 1 rings (SSSR count). The fourth-order valence-corrected chi connectivity index (χ4v) is 0.524. The van der Waals surface area contributed by atoms with Crippen molar-refractivity contribution in [3.8, 4) is 0 Å². The zero-order valence-corrected chi connectivity index (χ0v) is 5.20. The molecular weight excluding hydrogens is 157 g/mol. The fourth-order valence-electron chi connectivity index (χ4n) is 0.524. The first kappa shape index (κ1) is 8.03. The Labute approximate surface area is 60.7 Å². The molecule has 4 nitrogen and oxygen atoms in total. The second kappa shape index (κ2) is 2.89. The van der Waals surface area contributed by atoms with Gasteiger partial charge in [0.05, 0.1) is 5.46 Å². The monoisotopic (exact) mass is 160 g/mol. The van der Waals surface area contributed by atoms with E-state index >= 15 is 0 Å².